The Labute approximate surface area is 361 Å². The fourth-order valence-electron chi connectivity index (χ4n) is 7.86. The lowest BCUT2D eigenvalue weighted by Gasteiger charge is -2.18. The first-order valence-electron chi connectivity index (χ1n) is 25.9. The van der Waals surface area contributed by atoms with Gasteiger partial charge in [-0.05, 0) is 25.2 Å². The van der Waals surface area contributed by atoms with Crippen LogP contribution in [0.4, 0.5) is 0 Å². The molecule has 0 aromatic heterocycles. The van der Waals surface area contributed by atoms with E-state index in [1.165, 1.54) is 186 Å². The van der Waals surface area contributed by atoms with Crippen molar-refractivity contribution in [2.24, 2.45) is 5.92 Å². The number of rotatable bonds is 47. The van der Waals surface area contributed by atoms with E-state index in [0.717, 1.165) is 63.7 Å². The Morgan fingerprint density at radius 3 is 0.845 bits per heavy atom. The Morgan fingerprint density at radius 2 is 0.569 bits per heavy atom. The summed E-state index contributed by atoms with van der Waals surface area (Å²) < 4.78 is 16.8. The van der Waals surface area contributed by atoms with E-state index in [1.54, 1.807) is 0 Å². The van der Waals surface area contributed by atoms with Crippen molar-refractivity contribution in [3.63, 3.8) is 0 Å². The minimum atomic E-state index is -0.759. The summed E-state index contributed by atoms with van der Waals surface area (Å²) in [5.74, 6) is -0.00692. The van der Waals surface area contributed by atoms with E-state index in [-0.39, 0.29) is 31.1 Å². The minimum Gasteiger partial charge on any atom is -0.462 e. The minimum absolute atomic E-state index is 0.0628. The van der Waals surface area contributed by atoms with Crippen LogP contribution in [-0.4, -0.2) is 37.2 Å². The first-order chi connectivity index (χ1) is 28.4. The molecular weight excluding hydrogens is 721 g/mol. The normalized spacial score (nSPS) is 11.9. The van der Waals surface area contributed by atoms with E-state index >= 15 is 0 Å². The average Bonchev–Trinajstić information content (AvgIpc) is 3.21. The van der Waals surface area contributed by atoms with Crippen LogP contribution in [0.25, 0.3) is 0 Å². The maximum Gasteiger partial charge on any atom is 0.306 e. The van der Waals surface area contributed by atoms with Crippen molar-refractivity contribution in [2.45, 2.75) is 297 Å². The molecule has 0 spiro atoms. The SMILES string of the molecule is CCCCCCCCCCCCCCCCCC(=O)OC[C@@H](COC(=O)CCCCCCCCCCCCCCCC(C)C)OC(=O)CCCCCCCCCCC. The molecule has 0 saturated carbocycles. The molecule has 0 aliphatic rings. The van der Waals surface area contributed by atoms with Gasteiger partial charge >= 0.3 is 17.9 Å². The molecule has 0 aliphatic heterocycles. The average molecular weight is 821 g/mol. The van der Waals surface area contributed by atoms with E-state index in [9.17, 15) is 14.4 Å². The van der Waals surface area contributed by atoms with Gasteiger partial charge in [0.05, 0.1) is 0 Å². The molecule has 344 valence electrons. The molecule has 0 aromatic carbocycles. The summed E-state index contributed by atoms with van der Waals surface area (Å²) in [6.07, 6.45) is 48.0. The van der Waals surface area contributed by atoms with E-state index in [4.69, 9.17) is 14.2 Å². The monoisotopic (exact) mass is 821 g/mol. The summed E-state index contributed by atoms with van der Waals surface area (Å²) in [4.78, 5) is 37.9. The van der Waals surface area contributed by atoms with Crippen molar-refractivity contribution >= 4 is 17.9 Å². The lowest BCUT2D eigenvalue weighted by atomic mass is 10.0. The topological polar surface area (TPSA) is 78.9 Å². The van der Waals surface area contributed by atoms with Crippen LogP contribution in [0.5, 0.6) is 0 Å². The molecule has 0 fully saturated rings. The van der Waals surface area contributed by atoms with Gasteiger partial charge in [-0.25, -0.2) is 0 Å². The van der Waals surface area contributed by atoms with Crippen molar-refractivity contribution in [3.8, 4) is 0 Å². The van der Waals surface area contributed by atoms with Crippen LogP contribution in [0.1, 0.15) is 291 Å². The highest BCUT2D eigenvalue weighted by Gasteiger charge is 2.19. The molecule has 0 aromatic rings. The summed E-state index contributed by atoms with van der Waals surface area (Å²) in [5.41, 5.74) is 0. The summed E-state index contributed by atoms with van der Waals surface area (Å²) in [6.45, 7) is 9.02. The molecule has 6 heteroatoms. The highest BCUT2D eigenvalue weighted by molar-refractivity contribution is 5.71. The molecule has 1 atom stereocenters. The van der Waals surface area contributed by atoms with Gasteiger partial charge in [-0.3, -0.25) is 14.4 Å². The zero-order chi connectivity index (χ0) is 42.4. The van der Waals surface area contributed by atoms with Crippen LogP contribution < -0.4 is 0 Å². The first kappa shape index (κ1) is 56.4. The van der Waals surface area contributed by atoms with Crippen molar-refractivity contribution in [3.05, 3.63) is 0 Å². The highest BCUT2D eigenvalue weighted by Crippen LogP contribution is 2.17. The smallest absolute Gasteiger partial charge is 0.306 e. The predicted molar refractivity (Wildman–Crippen MR) is 247 cm³/mol. The predicted octanol–water partition coefficient (Wildman–Crippen LogP) is 16.7. The molecule has 6 nitrogen and oxygen atoms in total. The molecule has 0 bridgehead atoms. The van der Waals surface area contributed by atoms with Crippen LogP contribution in [0.15, 0.2) is 0 Å². The third-order valence-electron chi connectivity index (χ3n) is 11.8. The fourth-order valence-corrected chi connectivity index (χ4v) is 7.86. The second-order valence-electron chi connectivity index (χ2n) is 18.3. The second kappa shape index (κ2) is 46.5. The third-order valence-corrected chi connectivity index (χ3v) is 11.8. The molecule has 0 unspecified atom stereocenters. The largest absolute Gasteiger partial charge is 0.462 e. The molecule has 0 saturated heterocycles. The summed E-state index contributed by atoms with van der Waals surface area (Å²) in [6, 6.07) is 0. The van der Waals surface area contributed by atoms with Crippen LogP contribution >= 0.6 is 0 Å². The van der Waals surface area contributed by atoms with E-state index < -0.39 is 6.10 Å². The number of ether oxygens (including phenoxy) is 3. The highest BCUT2D eigenvalue weighted by atomic mass is 16.6. The van der Waals surface area contributed by atoms with Crippen LogP contribution in [0.3, 0.4) is 0 Å². The number of carbonyl (C=O) groups is 3. The van der Waals surface area contributed by atoms with Gasteiger partial charge < -0.3 is 14.2 Å². The molecular formula is C52H100O6. The lowest BCUT2D eigenvalue weighted by Crippen LogP contribution is -2.30. The molecule has 0 amide bonds. The van der Waals surface area contributed by atoms with E-state index in [2.05, 4.69) is 27.7 Å². The van der Waals surface area contributed by atoms with Crippen molar-refractivity contribution in [1.29, 1.82) is 0 Å². The van der Waals surface area contributed by atoms with Crippen LogP contribution in [0, 0.1) is 5.92 Å². The Kier molecular flexibility index (Phi) is 45.2. The first-order valence-corrected chi connectivity index (χ1v) is 25.9. The van der Waals surface area contributed by atoms with Gasteiger partial charge in [0.2, 0.25) is 0 Å². The molecule has 0 radical (unpaired) electrons. The van der Waals surface area contributed by atoms with Gasteiger partial charge in [-0.2, -0.15) is 0 Å². The van der Waals surface area contributed by atoms with Gasteiger partial charge in [0, 0.05) is 19.3 Å². The Bertz CT molecular complexity index is 872. The lowest BCUT2D eigenvalue weighted by molar-refractivity contribution is -0.167. The maximum absolute atomic E-state index is 12.7. The van der Waals surface area contributed by atoms with Gasteiger partial charge in [-0.15, -0.1) is 0 Å². The fraction of sp³-hybridized carbons (Fsp3) is 0.942. The zero-order valence-corrected chi connectivity index (χ0v) is 39.5. The standard InChI is InChI=1S/C52H100O6/c1-5-7-9-11-13-15-16-17-18-21-24-28-31-35-39-43-50(53)56-46-49(58-52(55)45-41-37-33-26-14-12-10-8-6-2)47-57-51(54)44-40-36-32-29-25-22-19-20-23-27-30-34-38-42-48(3)4/h48-49H,5-47H2,1-4H3/t49-/m0/s1. The molecule has 58 heavy (non-hydrogen) atoms. The van der Waals surface area contributed by atoms with Gasteiger partial charge in [0.1, 0.15) is 13.2 Å². The van der Waals surface area contributed by atoms with Gasteiger partial charge in [0.15, 0.2) is 6.10 Å². The Balaban J connectivity index is 4.23. The molecule has 0 N–H and O–H groups in total. The Morgan fingerprint density at radius 1 is 0.328 bits per heavy atom. The summed E-state index contributed by atoms with van der Waals surface area (Å²) >= 11 is 0. The zero-order valence-electron chi connectivity index (χ0n) is 39.5. The number of carbonyl (C=O) groups excluding carboxylic acids is 3. The van der Waals surface area contributed by atoms with Gasteiger partial charge in [-0.1, -0.05) is 252 Å². The van der Waals surface area contributed by atoms with Crippen molar-refractivity contribution < 1.29 is 28.6 Å². The number of hydrogen-bond acceptors (Lipinski definition) is 6. The quantitative estimate of drug-likeness (QED) is 0.0346. The number of esters is 3. The van der Waals surface area contributed by atoms with E-state index in [0.29, 0.717) is 19.3 Å². The van der Waals surface area contributed by atoms with Gasteiger partial charge in [0.25, 0.3) is 0 Å². The Hall–Kier alpha value is -1.59. The van der Waals surface area contributed by atoms with Crippen LogP contribution in [0.2, 0.25) is 0 Å². The summed E-state index contributed by atoms with van der Waals surface area (Å²) in [5, 5.41) is 0. The third kappa shape index (κ3) is 45.5. The molecule has 0 heterocycles. The second-order valence-corrected chi connectivity index (χ2v) is 18.3. The van der Waals surface area contributed by atoms with Crippen molar-refractivity contribution in [2.75, 3.05) is 13.2 Å². The van der Waals surface area contributed by atoms with Crippen LogP contribution in [-0.2, 0) is 28.6 Å². The molecule has 0 aliphatic carbocycles. The summed E-state index contributed by atoms with van der Waals surface area (Å²) in [7, 11) is 0. The van der Waals surface area contributed by atoms with E-state index in [1.807, 2.05) is 0 Å². The van der Waals surface area contributed by atoms with Crippen molar-refractivity contribution in [1.82, 2.24) is 0 Å². The molecule has 0 rings (SSSR count). The maximum atomic E-state index is 12.7. The number of hydrogen-bond donors (Lipinski definition) is 0. The number of unbranched alkanes of at least 4 members (excludes halogenated alkanes) is 34.